The predicted molar refractivity (Wildman–Crippen MR) is 616 cm³/mol. The maximum Gasteiger partial charge on any atom is 0.187 e. The molecule has 0 radical (unpaired) electrons. The van der Waals surface area contributed by atoms with E-state index in [9.17, 15) is 21.0 Å². The van der Waals surface area contributed by atoms with E-state index in [1.165, 1.54) is 0 Å². The zero-order valence-corrected chi connectivity index (χ0v) is 81.4. The zero-order valence-electron chi connectivity index (χ0n) is 81.4. The molecule has 0 amide bonds. The summed E-state index contributed by atoms with van der Waals surface area (Å²) in [5, 5.41) is 52.2. The molecule has 0 bridgehead atoms. The standard InChI is InChI=1S/C70H44N6.C68H40N6/c1-45-5-29-61(30-6-45)75(63-39-55(49-13-9-47(43-71)10-14-49)37-57(41-63)51-17-25-59(73-3)26-18-51)67-35-23-53-22-34-66-68(36-24-54-21-33-65(67)69(53)70(54)66)76(62-31-7-46(2)8-32-62)64-40-56(50-15-11-48(44-72)12-16-50)38-58(42-64)52-19-27-60(74-4)28-20-52;1-71-57-29-21-49(22-30-57)55-37-53(47-17-13-45(43-69)14-18-47)39-61(41-55)73(59-9-5-3-6-10-59)65-35-27-51-26-34-64-66(36-28-52-25-33-63(65)67(51)68(52)64)74(60-11-7-4-8-12-60)62-40-54(48-19-15-46(44-70)16-20-48)38-56(42-62)50-23-31-58(72-2)32-24-50/h5-42H,1-2H3;3-42H. The molecule has 0 spiro atoms. The van der Waals surface area contributed by atoms with Gasteiger partial charge in [-0.3, -0.25) is 0 Å². The molecule has 0 unspecified atom stereocenters. The van der Waals surface area contributed by atoms with Gasteiger partial charge < -0.3 is 19.6 Å². The first kappa shape index (κ1) is 92.2. The zero-order chi connectivity index (χ0) is 102. The first-order valence-electron chi connectivity index (χ1n) is 49.1. The van der Waals surface area contributed by atoms with Gasteiger partial charge in [0.25, 0.3) is 0 Å². The molecule has 0 atom stereocenters. The van der Waals surface area contributed by atoms with Crippen molar-refractivity contribution in [2.45, 2.75) is 13.8 Å². The fourth-order valence-corrected chi connectivity index (χ4v) is 20.7. The summed E-state index contributed by atoms with van der Waals surface area (Å²) in [7, 11) is 0. The Hall–Kier alpha value is -21.5. The van der Waals surface area contributed by atoms with E-state index in [4.69, 9.17) is 26.3 Å². The van der Waals surface area contributed by atoms with Crippen LogP contribution in [0.5, 0.6) is 0 Å². The number of benzene rings is 24. The lowest BCUT2D eigenvalue weighted by Gasteiger charge is -2.30. The largest absolute Gasteiger partial charge is 0.310 e. The maximum absolute atomic E-state index is 9.70. The number of anilines is 12. The Morgan fingerprint density at radius 2 is 0.353 bits per heavy atom. The van der Waals surface area contributed by atoms with Crippen molar-refractivity contribution >= 4 is 156 Å². The predicted octanol–water partition coefficient (Wildman–Crippen LogP) is 38.7. The summed E-state index contributed by atoms with van der Waals surface area (Å²) in [6.45, 7) is 34.7. The third-order valence-electron chi connectivity index (χ3n) is 28.2. The summed E-state index contributed by atoms with van der Waals surface area (Å²) in [6.07, 6.45) is 0. The topological polar surface area (TPSA) is 126 Å². The van der Waals surface area contributed by atoms with Crippen LogP contribution < -0.4 is 19.6 Å². The van der Waals surface area contributed by atoms with Crippen molar-refractivity contribution in [2.24, 2.45) is 0 Å². The fraction of sp³-hybridized carbons (Fsp3) is 0.0145. The summed E-state index contributed by atoms with van der Waals surface area (Å²) in [5.74, 6) is 0. The molecule has 150 heavy (non-hydrogen) atoms. The Bertz CT molecular complexity index is 8880. The van der Waals surface area contributed by atoms with Crippen LogP contribution in [0, 0.1) is 85.5 Å². The Balaban J connectivity index is 0.000000164. The highest BCUT2D eigenvalue weighted by molar-refractivity contribution is 6.30. The second-order valence-electron chi connectivity index (χ2n) is 37.3. The summed E-state index contributed by atoms with van der Waals surface area (Å²) in [5.41, 5.74) is 34.7. The van der Waals surface area contributed by atoms with E-state index in [1.54, 1.807) is 0 Å². The second kappa shape index (κ2) is 39.8. The molecule has 0 saturated heterocycles. The highest BCUT2D eigenvalue weighted by atomic mass is 15.2. The second-order valence-corrected chi connectivity index (χ2v) is 37.3. The van der Waals surface area contributed by atoms with Crippen molar-refractivity contribution in [3.63, 3.8) is 0 Å². The number of hydrogen-bond acceptors (Lipinski definition) is 8. The first-order chi connectivity index (χ1) is 73.7. The van der Waals surface area contributed by atoms with Crippen molar-refractivity contribution in [2.75, 3.05) is 19.6 Å². The molecule has 0 aliphatic carbocycles. The molecule has 0 aliphatic heterocycles. The molecule has 0 fully saturated rings. The molecule has 12 nitrogen and oxygen atoms in total. The third kappa shape index (κ3) is 17.8. The van der Waals surface area contributed by atoms with Crippen LogP contribution >= 0.6 is 0 Å². The van der Waals surface area contributed by atoms with Gasteiger partial charge in [-0.1, -0.05) is 290 Å². The van der Waals surface area contributed by atoms with Crippen LogP contribution in [0.25, 0.3) is 173 Å². The van der Waals surface area contributed by atoms with E-state index in [2.05, 4.69) is 344 Å². The molecule has 0 N–H and O–H groups in total. The lowest BCUT2D eigenvalue weighted by molar-refractivity contribution is 1.29. The first-order valence-corrected chi connectivity index (χ1v) is 49.1. The number of para-hydroxylation sites is 2. The Kier molecular flexibility index (Phi) is 24.4. The van der Waals surface area contributed by atoms with E-state index >= 15 is 0 Å². The normalized spacial score (nSPS) is 10.9. The molecule has 0 heterocycles. The minimum Gasteiger partial charge on any atom is -0.310 e. The maximum atomic E-state index is 9.70. The van der Waals surface area contributed by atoms with Gasteiger partial charge in [-0.25, -0.2) is 19.4 Å². The number of nitriles is 4. The smallest absolute Gasteiger partial charge is 0.187 e. The van der Waals surface area contributed by atoms with Crippen LogP contribution in [-0.4, -0.2) is 0 Å². The highest BCUT2D eigenvalue weighted by Gasteiger charge is 2.29. The van der Waals surface area contributed by atoms with Gasteiger partial charge in [0.15, 0.2) is 22.7 Å². The minimum absolute atomic E-state index is 0.581. The van der Waals surface area contributed by atoms with Crippen LogP contribution in [0.4, 0.5) is 91.0 Å². The van der Waals surface area contributed by atoms with Crippen LogP contribution in [-0.2, 0) is 0 Å². The van der Waals surface area contributed by atoms with Gasteiger partial charge in [0.1, 0.15) is 0 Å². The van der Waals surface area contributed by atoms with Crippen molar-refractivity contribution in [1.82, 2.24) is 0 Å². The van der Waals surface area contributed by atoms with Crippen LogP contribution in [0.1, 0.15) is 33.4 Å². The van der Waals surface area contributed by atoms with Crippen molar-refractivity contribution in [1.29, 1.82) is 21.0 Å². The van der Waals surface area contributed by atoms with Gasteiger partial charge in [0, 0.05) is 67.0 Å². The summed E-state index contributed by atoms with van der Waals surface area (Å²) < 4.78 is 0. The minimum atomic E-state index is 0.581. The average Bonchev–Trinajstić information content (AvgIpc) is 0.721. The fourth-order valence-electron chi connectivity index (χ4n) is 20.7. The van der Waals surface area contributed by atoms with Gasteiger partial charge in [-0.15, -0.1) is 0 Å². The SMILES string of the molecule is [C-]#[N+]c1ccc(-c2cc(-c3ccc(C#N)cc3)cc(N(c3ccc(C)cc3)c3ccc4ccc5c(N(c6ccc(C)cc6)c6cc(-c7ccc(C#N)cc7)cc(-c7ccc([N+]#[C-])cc7)c6)ccc6ccc3c4c65)c2)cc1.[C-]#[N+]c1ccc(-c2cc(-c3ccc(C#N)cc3)cc(N(c3ccccc3)c3ccc4ccc5c(N(c6ccccc6)c6cc(-c7ccc(C#N)cc7)cc(-c7ccc([N+]#[C-])cc7)c6)ccc6ccc3c4c65)c2)cc1. The Labute approximate surface area is 869 Å². The lowest BCUT2D eigenvalue weighted by Crippen LogP contribution is -2.12. The number of hydrogen-bond donors (Lipinski definition) is 0. The molecule has 24 aromatic rings. The van der Waals surface area contributed by atoms with Crippen LogP contribution in [0.3, 0.4) is 0 Å². The quantitative estimate of drug-likeness (QED) is 0.0546. The van der Waals surface area contributed by atoms with Gasteiger partial charge in [-0.2, -0.15) is 21.0 Å². The molecular weight excluding hydrogens is 1830 g/mol. The molecule has 0 aromatic heterocycles. The molecule has 24 rings (SSSR count). The molecule has 24 aromatic carbocycles. The summed E-state index contributed by atoms with van der Waals surface area (Å²) in [6, 6.07) is 172. The van der Waals surface area contributed by atoms with Gasteiger partial charge in [0.05, 0.1) is 95.6 Å². The molecule has 0 saturated carbocycles. The van der Waals surface area contributed by atoms with E-state index in [0.29, 0.717) is 45.0 Å². The number of nitrogens with zero attached hydrogens (tertiary/aromatic N) is 12. The van der Waals surface area contributed by atoms with Crippen LogP contribution in [0.2, 0.25) is 0 Å². The average molecular weight is 1910 g/mol. The van der Waals surface area contributed by atoms with Crippen LogP contribution in [0.15, 0.2) is 473 Å². The van der Waals surface area contributed by atoms with Crippen molar-refractivity contribution in [3.8, 4) is 113 Å². The Morgan fingerprint density at radius 1 is 0.173 bits per heavy atom. The monoisotopic (exact) mass is 1910 g/mol. The van der Waals surface area contributed by atoms with E-state index in [1.807, 2.05) is 206 Å². The molecule has 696 valence electrons. The van der Waals surface area contributed by atoms with E-state index in [0.717, 1.165) is 233 Å². The van der Waals surface area contributed by atoms with Gasteiger partial charge >= 0.3 is 0 Å². The molecule has 0 aliphatic rings. The van der Waals surface area contributed by atoms with Gasteiger partial charge in [-0.05, 0) is 340 Å². The van der Waals surface area contributed by atoms with Gasteiger partial charge in [0.2, 0.25) is 0 Å². The molecular formula is C138H84N12. The number of aryl methyl sites for hydroxylation is 2. The van der Waals surface area contributed by atoms with Crippen molar-refractivity contribution < 1.29 is 0 Å². The molecule has 12 heteroatoms. The lowest BCUT2D eigenvalue weighted by atomic mass is 9.91. The summed E-state index contributed by atoms with van der Waals surface area (Å²) >= 11 is 0. The van der Waals surface area contributed by atoms with E-state index in [-0.39, 0.29) is 0 Å². The summed E-state index contributed by atoms with van der Waals surface area (Å²) in [4.78, 5) is 24.0. The highest BCUT2D eigenvalue weighted by Crippen LogP contribution is 2.54. The Morgan fingerprint density at radius 3 is 0.540 bits per heavy atom. The third-order valence-corrected chi connectivity index (χ3v) is 28.2. The van der Waals surface area contributed by atoms with Crippen molar-refractivity contribution in [3.05, 3.63) is 552 Å². The van der Waals surface area contributed by atoms with E-state index < -0.39 is 0 Å². The number of rotatable bonds is 20.